The van der Waals surface area contributed by atoms with E-state index in [2.05, 4.69) is 24.9 Å². The van der Waals surface area contributed by atoms with Crippen molar-refractivity contribution >= 4 is 24.7 Å². The maximum Gasteiger partial charge on any atom is 0.408 e. The molecule has 1 amide bonds. The smallest absolute Gasteiger partial charge is 0.408 e. The number of carboxylic acid groups (broad SMARTS) is 1. The monoisotopic (exact) mass is 367 g/mol. The van der Waals surface area contributed by atoms with Crippen LogP contribution >= 0.6 is 12.6 Å². The van der Waals surface area contributed by atoms with Crippen LogP contribution in [0.2, 0.25) is 0 Å². The third-order valence-corrected chi connectivity index (χ3v) is 4.72. The second kappa shape index (κ2) is 9.56. The summed E-state index contributed by atoms with van der Waals surface area (Å²) in [4.78, 5) is 22.4. The molecule has 25 heavy (non-hydrogen) atoms. The Morgan fingerprint density at radius 1 is 1.32 bits per heavy atom. The topological polar surface area (TPSA) is 84.9 Å². The third kappa shape index (κ3) is 6.49. The predicted octanol–water partition coefficient (Wildman–Crippen LogP) is 3.11. The van der Waals surface area contributed by atoms with Gasteiger partial charge in [-0.05, 0) is 42.4 Å². The maximum atomic E-state index is 11.6. The van der Waals surface area contributed by atoms with Gasteiger partial charge in [0.05, 0.1) is 6.61 Å². The van der Waals surface area contributed by atoms with E-state index >= 15 is 0 Å². The summed E-state index contributed by atoms with van der Waals surface area (Å²) in [6, 6.07) is 6.29. The van der Waals surface area contributed by atoms with Crippen LogP contribution in [0, 0.1) is 11.8 Å². The van der Waals surface area contributed by atoms with Gasteiger partial charge in [-0.3, -0.25) is 0 Å². The van der Waals surface area contributed by atoms with Gasteiger partial charge in [0.15, 0.2) is 0 Å². The molecule has 3 atom stereocenters. The van der Waals surface area contributed by atoms with Gasteiger partial charge < -0.3 is 19.9 Å². The molecule has 2 rings (SSSR count). The van der Waals surface area contributed by atoms with Gasteiger partial charge in [-0.1, -0.05) is 25.5 Å². The number of alkyl carbamates (subject to hydrolysis) is 1. The Kier molecular flexibility index (Phi) is 7.43. The minimum atomic E-state index is -1.15. The molecule has 1 fully saturated rings. The molecule has 7 heteroatoms. The lowest BCUT2D eigenvalue weighted by atomic mass is 10.1. The zero-order chi connectivity index (χ0) is 18.2. The highest BCUT2D eigenvalue weighted by Crippen LogP contribution is 2.30. The number of thiol groups is 1. The number of carbonyl (C=O) groups excluding carboxylic acids is 1. The molecule has 2 N–H and O–H groups in total. The number of hydrogen-bond acceptors (Lipinski definition) is 5. The first-order valence-electron chi connectivity index (χ1n) is 8.46. The molecule has 0 radical (unpaired) electrons. The number of hydrogen-bond donors (Lipinski definition) is 3. The fourth-order valence-corrected chi connectivity index (χ4v) is 3.14. The van der Waals surface area contributed by atoms with Crippen LogP contribution in [0.5, 0.6) is 5.75 Å². The molecular weight excluding hydrogens is 342 g/mol. The standard InChI is InChI=1S/C18H25NO5S/c1-12-2-3-14(8-12)10-23-15-6-4-13(5-7-15)9-24-18(22)19-16(11-25)17(20)21/h4-7,12,14,16,25H,2-3,8-11H2,1H3,(H,19,22)(H,20,21)/t12?,14-,16+/m1/s1. The highest BCUT2D eigenvalue weighted by atomic mass is 32.1. The van der Waals surface area contributed by atoms with Crippen LogP contribution in [-0.2, 0) is 16.1 Å². The minimum Gasteiger partial charge on any atom is -0.493 e. The Hall–Kier alpha value is -1.89. The molecule has 0 aromatic heterocycles. The minimum absolute atomic E-state index is 0.00373. The van der Waals surface area contributed by atoms with E-state index in [9.17, 15) is 9.59 Å². The van der Waals surface area contributed by atoms with Crippen molar-refractivity contribution < 1.29 is 24.2 Å². The van der Waals surface area contributed by atoms with E-state index in [0.717, 1.165) is 23.8 Å². The lowest BCUT2D eigenvalue weighted by molar-refractivity contribution is -0.138. The molecule has 1 unspecified atom stereocenters. The maximum absolute atomic E-state index is 11.6. The average Bonchev–Trinajstić information content (AvgIpc) is 3.02. The molecule has 0 bridgehead atoms. The van der Waals surface area contributed by atoms with Crippen molar-refractivity contribution in [2.75, 3.05) is 12.4 Å². The van der Waals surface area contributed by atoms with Crippen LogP contribution in [-0.4, -0.2) is 35.6 Å². The van der Waals surface area contributed by atoms with Crippen LogP contribution in [0.4, 0.5) is 4.79 Å². The molecule has 0 spiro atoms. The summed E-state index contributed by atoms with van der Waals surface area (Å²) in [7, 11) is 0. The summed E-state index contributed by atoms with van der Waals surface area (Å²) in [6.45, 7) is 3.08. The zero-order valence-corrected chi connectivity index (χ0v) is 15.2. The van der Waals surface area contributed by atoms with E-state index in [1.165, 1.54) is 19.3 Å². The van der Waals surface area contributed by atoms with Gasteiger partial charge in [-0.2, -0.15) is 12.6 Å². The van der Waals surface area contributed by atoms with E-state index in [-0.39, 0.29) is 12.4 Å². The molecule has 1 aromatic carbocycles. The normalized spacial score (nSPS) is 20.7. The van der Waals surface area contributed by atoms with Gasteiger partial charge in [0.25, 0.3) is 0 Å². The molecule has 1 aliphatic carbocycles. The first-order chi connectivity index (χ1) is 12.0. The molecule has 6 nitrogen and oxygen atoms in total. The van der Waals surface area contributed by atoms with Gasteiger partial charge in [-0.25, -0.2) is 9.59 Å². The van der Waals surface area contributed by atoms with Crippen molar-refractivity contribution in [3.8, 4) is 5.75 Å². The zero-order valence-electron chi connectivity index (χ0n) is 14.3. The van der Waals surface area contributed by atoms with Crippen molar-refractivity contribution in [2.45, 2.75) is 38.8 Å². The quantitative estimate of drug-likeness (QED) is 0.615. The third-order valence-electron chi connectivity index (χ3n) is 4.36. The SMILES string of the molecule is CC1CC[C@@H](COc2ccc(COC(=O)N[C@@H](CS)C(=O)O)cc2)C1. The Labute approximate surface area is 153 Å². The van der Waals surface area contributed by atoms with Gasteiger partial charge in [0, 0.05) is 5.75 Å². The van der Waals surface area contributed by atoms with E-state index in [0.29, 0.717) is 5.92 Å². The van der Waals surface area contributed by atoms with E-state index < -0.39 is 18.1 Å². The second-order valence-corrected chi connectivity index (χ2v) is 6.90. The number of rotatable bonds is 8. The first kappa shape index (κ1) is 19.4. The van der Waals surface area contributed by atoms with E-state index in [1.54, 1.807) is 0 Å². The Bertz CT molecular complexity index is 577. The molecule has 1 aliphatic rings. The first-order valence-corrected chi connectivity index (χ1v) is 9.10. The van der Waals surface area contributed by atoms with Crippen LogP contribution in [0.25, 0.3) is 0 Å². The van der Waals surface area contributed by atoms with E-state index in [4.69, 9.17) is 14.6 Å². The van der Waals surface area contributed by atoms with Crippen LogP contribution in [0.3, 0.4) is 0 Å². The highest BCUT2D eigenvalue weighted by molar-refractivity contribution is 7.80. The van der Waals surface area contributed by atoms with Crippen molar-refractivity contribution in [2.24, 2.45) is 11.8 Å². The number of benzene rings is 1. The van der Waals surface area contributed by atoms with Gasteiger partial charge >= 0.3 is 12.1 Å². The number of carboxylic acids is 1. The lowest BCUT2D eigenvalue weighted by Crippen LogP contribution is -2.42. The van der Waals surface area contributed by atoms with Crippen LogP contribution in [0.15, 0.2) is 24.3 Å². The second-order valence-electron chi connectivity index (χ2n) is 6.53. The molecule has 0 aliphatic heterocycles. The summed E-state index contributed by atoms with van der Waals surface area (Å²) in [5, 5.41) is 11.1. The number of carbonyl (C=O) groups is 2. The number of amides is 1. The summed E-state index contributed by atoms with van der Waals surface area (Å²) in [5.74, 6) is 1.08. The summed E-state index contributed by atoms with van der Waals surface area (Å²) >= 11 is 3.87. The lowest BCUT2D eigenvalue weighted by Gasteiger charge is -2.13. The molecule has 1 aromatic rings. The van der Waals surface area contributed by atoms with Gasteiger partial charge in [-0.15, -0.1) is 0 Å². The summed E-state index contributed by atoms with van der Waals surface area (Å²) in [6.07, 6.45) is 2.95. The average molecular weight is 367 g/mol. The highest BCUT2D eigenvalue weighted by Gasteiger charge is 2.21. The van der Waals surface area contributed by atoms with Crippen molar-refractivity contribution in [1.29, 1.82) is 0 Å². The Balaban J connectivity index is 1.72. The summed E-state index contributed by atoms with van der Waals surface area (Å²) in [5.41, 5.74) is 0.801. The molecule has 0 heterocycles. The predicted molar refractivity (Wildman–Crippen MR) is 97.0 cm³/mol. The fraction of sp³-hybridized carbons (Fsp3) is 0.556. The molecule has 1 saturated carbocycles. The van der Waals surface area contributed by atoms with Gasteiger partial charge in [0.1, 0.15) is 18.4 Å². The van der Waals surface area contributed by atoms with Crippen molar-refractivity contribution in [3.63, 3.8) is 0 Å². The number of nitrogens with one attached hydrogen (secondary N) is 1. The largest absolute Gasteiger partial charge is 0.493 e. The van der Waals surface area contributed by atoms with Crippen LogP contribution in [0.1, 0.15) is 31.7 Å². The molecular formula is C18H25NO5S. The van der Waals surface area contributed by atoms with Gasteiger partial charge in [0.2, 0.25) is 0 Å². The molecule has 0 saturated heterocycles. The number of aliphatic carboxylic acids is 1. The van der Waals surface area contributed by atoms with E-state index in [1.807, 2.05) is 24.3 Å². The summed E-state index contributed by atoms with van der Waals surface area (Å²) < 4.78 is 10.8. The van der Waals surface area contributed by atoms with Crippen molar-refractivity contribution in [1.82, 2.24) is 5.32 Å². The fourth-order valence-electron chi connectivity index (χ4n) is 2.89. The van der Waals surface area contributed by atoms with Crippen molar-refractivity contribution in [3.05, 3.63) is 29.8 Å². The number of ether oxygens (including phenoxy) is 2. The Morgan fingerprint density at radius 2 is 2.04 bits per heavy atom. The Morgan fingerprint density at radius 3 is 2.60 bits per heavy atom. The molecule has 138 valence electrons. The van der Waals surface area contributed by atoms with Crippen LogP contribution < -0.4 is 10.1 Å².